The van der Waals surface area contributed by atoms with Crippen LogP contribution in [0.5, 0.6) is 0 Å². The summed E-state index contributed by atoms with van der Waals surface area (Å²) in [6.45, 7) is 11.9. The summed E-state index contributed by atoms with van der Waals surface area (Å²) in [6.07, 6.45) is 3.42. The van der Waals surface area contributed by atoms with Crippen molar-refractivity contribution in [3.63, 3.8) is 0 Å². The van der Waals surface area contributed by atoms with Gasteiger partial charge in [0.15, 0.2) is 0 Å². The van der Waals surface area contributed by atoms with Gasteiger partial charge in [0.1, 0.15) is 0 Å². The average molecular weight is 306 g/mol. The third-order valence-electron chi connectivity index (χ3n) is 3.31. The SMILES string of the molecule is C=C(N=C/C(N)=C\C)c1ccc(-c2ccc(C)cc2)cc1.CC. The van der Waals surface area contributed by atoms with Crippen molar-refractivity contribution < 1.29 is 0 Å². The van der Waals surface area contributed by atoms with Gasteiger partial charge >= 0.3 is 0 Å². The van der Waals surface area contributed by atoms with Crippen LogP contribution in [0.2, 0.25) is 0 Å². The van der Waals surface area contributed by atoms with Crippen LogP contribution >= 0.6 is 0 Å². The molecule has 0 amide bonds. The Kier molecular flexibility index (Phi) is 7.55. The molecule has 0 unspecified atom stereocenters. The standard InChI is InChI=1S/C19H20N2.C2H6/c1-4-19(20)13-21-15(3)16-9-11-18(12-10-16)17-7-5-14(2)6-8-17;1-2/h4-13H,3,20H2,1-2H3;1-2H3/b19-4+,21-13?;. The van der Waals surface area contributed by atoms with Gasteiger partial charge in [-0.1, -0.05) is 80.6 Å². The number of nitrogens with zero attached hydrogens (tertiary/aromatic N) is 1. The topological polar surface area (TPSA) is 38.4 Å². The van der Waals surface area contributed by atoms with Crippen LogP contribution < -0.4 is 5.73 Å². The number of rotatable bonds is 4. The Morgan fingerprint density at radius 1 is 0.957 bits per heavy atom. The number of hydrogen-bond donors (Lipinski definition) is 1. The quantitative estimate of drug-likeness (QED) is 0.734. The van der Waals surface area contributed by atoms with E-state index < -0.39 is 0 Å². The minimum Gasteiger partial charge on any atom is -0.398 e. The van der Waals surface area contributed by atoms with Crippen LogP contribution in [0.4, 0.5) is 0 Å². The van der Waals surface area contributed by atoms with Gasteiger partial charge in [0.2, 0.25) is 0 Å². The number of benzene rings is 2. The second-order valence-corrected chi connectivity index (χ2v) is 4.94. The van der Waals surface area contributed by atoms with Gasteiger partial charge in [-0.15, -0.1) is 0 Å². The molecule has 0 fully saturated rings. The van der Waals surface area contributed by atoms with Gasteiger partial charge in [-0.05, 0) is 30.5 Å². The number of allylic oxidation sites excluding steroid dienone is 2. The summed E-state index contributed by atoms with van der Waals surface area (Å²) < 4.78 is 0. The van der Waals surface area contributed by atoms with Gasteiger partial charge in [0, 0.05) is 5.70 Å². The van der Waals surface area contributed by atoms with Gasteiger partial charge in [-0.3, -0.25) is 4.99 Å². The zero-order valence-corrected chi connectivity index (χ0v) is 14.5. The van der Waals surface area contributed by atoms with E-state index in [1.54, 1.807) is 12.3 Å². The first-order valence-electron chi connectivity index (χ1n) is 7.92. The molecule has 0 bridgehead atoms. The van der Waals surface area contributed by atoms with Crippen molar-refractivity contribution in [2.24, 2.45) is 10.7 Å². The Morgan fingerprint density at radius 3 is 1.91 bits per heavy atom. The summed E-state index contributed by atoms with van der Waals surface area (Å²) in [4.78, 5) is 4.27. The molecule has 0 radical (unpaired) electrons. The zero-order valence-electron chi connectivity index (χ0n) is 14.5. The molecular weight excluding hydrogens is 280 g/mol. The lowest BCUT2D eigenvalue weighted by Crippen LogP contribution is -1.97. The lowest BCUT2D eigenvalue weighted by molar-refractivity contribution is 1.43. The zero-order chi connectivity index (χ0) is 17.2. The molecule has 0 saturated heterocycles. The molecule has 2 nitrogen and oxygen atoms in total. The van der Waals surface area contributed by atoms with E-state index in [4.69, 9.17) is 5.73 Å². The van der Waals surface area contributed by atoms with Crippen LogP contribution in [0, 0.1) is 6.92 Å². The highest BCUT2D eigenvalue weighted by atomic mass is 14.8. The van der Waals surface area contributed by atoms with E-state index in [1.165, 1.54) is 16.7 Å². The van der Waals surface area contributed by atoms with Crippen LogP contribution in [0.25, 0.3) is 16.8 Å². The van der Waals surface area contributed by atoms with Crippen molar-refractivity contribution in [1.29, 1.82) is 0 Å². The Bertz CT molecular complexity index is 675. The number of nitrogens with two attached hydrogens (primary N) is 1. The summed E-state index contributed by atoms with van der Waals surface area (Å²) >= 11 is 0. The molecule has 2 aromatic carbocycles. The fraction of sp³-hybridized carbons (Fsp3) is 0.190. The highest BCUT2D eigenvalue weighted by molar-refractivity contribution is 5.83. The number of hydrogen-bond acceptors (Lipinski definition) is 2. The van der Waals surface area contributed by atoms with E-state index >= 15 is 0 Å². The largest absolute Gasteiger partial charge is 0.398 e. The summed E-state index contributed by atoms with van der Waals surface area (Å²) in [7, 11) is 0. The first kappa shape index (κ1) is 18.4. The van der Waals surface area contributed by atoms with Gasteiger partial charge in [-0.25, -0.2) is 0 Å². The predicted octanol–water partition coefficient (Wildman–Crippen LogP) is 5.59. The highest BCUT2D eigenvalue weighted by Gasteiger charge is 2.00. The molecule has 120 valence electrons. The van der Waals surface area contributed by atoms with E-state index in [0.29, 0.717) is 11.4 Å². The fourth-order valence-electron chi connectivity index (χ4n) is 1.90. The molecule has 0 saturated carbocycles. The molecule has 0 heterocycles. The van der Waals surface area contributed by atoms with E-state index in [1.807, 2.05) is 32.9 Å². The molecule has 2 heteroatoms. The monoisotopic (exact) mass is 306 g/mol. The number of aryl methyl sites for hydroxylation is 1. The van der Waals surface area contributed by atoms with Crippen LogP contribution in [-0.4, -0.2) is 6.21 Å². The van der Waals surface area contributed by atoms with Gasteiger partial charge in [0.05, 0.1) is 11.9 Å². The minimum absolute atomic E-state index is 0.632. The maximum Gasteiger partial charge on any atom is 0.0631 e. The summed E-state index contributed by atoms with van der Waals surface area (Å²) in [5, 5.41) is 0. The molecule has 0 aliphatic heterocycles. The highest BCUT2D eigenvalue weighted by Crippen LogP contribution is 2.22. The van der Waals surface area contributed by atoms with Crippen LogP contribution in [0.3, 0.4) is 0 Å². The first-order chi connectivity index (χ1) is 11.1. The molecule has 0 aromatic heterocycles. The molecule has 2 rings (SSSR count). The summed E-state index contributed by atoms with van der Waals surface area (Å²) in [6, 6.07) is 16.7. The second kappa shape index (κ2) is 9.42. The maximum atomic E-state index is 5.68. The predicted molar refractivity (Wildman–Crippen MR) is 103 cm³/mol. The lowest BCUT2D eigenvalue weighted by Gasteiger charge is -2.05. The third-order valence-corrected chi connectivity index (χ3v) is 3.31. The van der Waals surface area contributed by atoms with Crippen molar-refractivity contribution in [2.75, 3.05) is 0 Å². The minimum atomic E-state index is 0.632. The maximum absolute atomic E-state index is 5.68. The smallest absolute Gasteiger partial charge is 0.0631 e. The Balaban J connectivity index is 0.00000127. The van der Waals surface area contributed by atoms with Gasteiger partial charge in [0.25, 0.3) is 0 Å². The average Bonchev–Trinajstić information content (AvgIpc) is 2.62. The molecule has 2 N–H and O–H groups in total. The molecule has 0 atom stereocenters. The van der Waals surface area contributed by atoms with Crippen molar-refractivity contribution in [1.82, 2.24) is 0 Å². The number of aliphatic imine (C=N–C) groups is 1. The molecular formula is C21H26N2. The molecule has 23 heavy (non-hydrogen) atoms. The Labute approximate surface area is 140 Å². The Hall–Kier alpha value is -2.61. The van der Waals surface area contributed by atoms with Gasteiger partial charge in [-0.2, -0.15) is 0 Å². The van der Waals surface area contributed by atoms with Crippen molar-refractivity contribution in [3.8, 4) is 11.1 Å². The fourth-order valence-corrected chi connectivity index (χ4v) is 1.90. The molecule has 2 aromatic rings. The molecule has 0 spiro atoms. The Morgan fingerprint density at radius 2 is 1.43 bits per heavy atom. The van der Waals surface area contributed by atoms with Gasteiger partial charge < -0.3 is 5.73 Å². The van der Waals surface area contributed by atoms with E-state index in [9.17, 15) is 0 Å². The van der Waals surface area contributed by atoms with Crippen molar-refractivity contribution in [2.45, 2.75) is 27.7 Å². The third kappa shape index (κ3) is 5.59. The molecule has 0 aliphatic rings. The van der Waals surface area contributed by atoms with E-state index in [-0.39, 0.29) is 0 Å². The van der Waals surface area contributed by atoms with Crippen LogP contribution in [0.15, 0.2) is 71.9 Å². The summed E-state index contributed by atoms with van der Waals surface area (Å²) in [5.41, 5.74) is 11.7. The molecule has 0 aliphatic carbocycles. The lowest BCUT2D eigenvalue weighted by atomic mass is 10.0. The first-order valence-corrected chi connectivity index (χ1v) is 7.92. The van der Waals surface area contributed by atoms with Crippen LogP contribution in [0.1, 0.15) is 31.9 Å². The van der Waals surface area contributed by atoms with Crippen molar-refractivity contribution >= 4 is 11.9 Å². The van der Waals surface area contributed by atoms with Crippen LogP contribution in [-0.2, 0) is 0 Å². The van der Waals surface area contributed by atoms with Crippen molar-refractivity contribution in [3.05, 3.63) is 78.0 Å². The second-order valence-electron chi connectivity index (χ2n) is 4.94. The van der Waals surface area contributed by atoms with E-state index in [0.717, 1.165) is 5.56 Å². The summed E-state index contributed by atoms with van der Waals surface area (Å²) in [5.74, 6) is 0. The van der Waals surface area contributed by atoms with E-state index in [2.05, 4.69) is 54.9 Å². The normalized spacial score (nSPS) is 11.0.